The molecule has 5 nitrogen and oxygen atoms in total. The average molecular weight is 302 g/mol. The van der Waals surface area contributed by atoms with Gasteiger partial charge in [0.2, 0.25) is 5.56 Å². The van der Waals surface area contributed by atoms with Gasteiger partial charge in [0, 0.05) is 11.6 Å². The van der Waals surface area contributed by atoms with Crippen LogP contribution in [0.2, 0.25) is 0 Å². The van der Waals surface area contributed by atoms with Gasteiger partial charge in [-0.25, -0.2) is 4.68 Å². The van der Waals surface area contributed by atoms with Crippen LogP contribution in [0.5, 0.6) is 0 Å². The fourth-order valence-corrected chi connectivity index (χ4v) is 2.75. The van der Waals surface area contributed by atoms with Crippen molar-refractivity contribution in [3.05, 3.63) is 77.1 Å². The lowest BCUT2D eigenvalue weighted by atomic mass is 10.0. The number of pyridine rings is 1. The zero-order chi connectivity index (χ0) is 15.8. The van der Waals surface area contributed by atoms with Crippen molar-refractivity contribution in [3.8, 4) is 16.8 Å². The van der Waals surface area contributed by atoms with Gasteiger partial charge in [-0.3, -0.25) is 4.79 Å². The first-order valence-corrected chi connectivity index (χ1v) is 7.26. The Hall–Kier alpha value is -3.34. The van der Waals surface area contributed by atoms with Crippen LogP contribution in [0.25, 0.3) is 27.8 Å². The Morgan fingerprint density at radius 2 is 1.61 bits per heavy atom. The summed E-state index contributed by atoms with van der Waals surface area (Å²) in [6, 6.07) is 20.9. The van der Waals surface area contributed by atoms with E-state index in [-0.39, 0.29) is 5.56 Å². The van der Waals surface area contributed by atoms with Crippen molar-refractivity contribution in [2.45, 2.75) is 0 Å². The molecule has 112 valence electrons. The van der Waals surface area contributed by atoms with Crippen molar-refractivity contribution in [1.82, 2.24) is 14.8 Å². The summed E-state index contributed by atoms with van der Waals surface area (Å²) in [6.07, 6.45) is 0. The molecule has 0 saturated carbocycles. The first-order chi connectivity index (χ1) is 11.2. The standard InChI is InChI=1S/C18H14N4O/c19-17-16-14(12-7-3-1-4-8-12)11-15(23)20-18(16)21-22(17)13-9-5-2-6-10-13/h1-11H,19H2,(H,20,21,23). The number of nitrogens with two attached hydrogens (primary N) is 1. The summed E-state index contributed by atoms with van der Waals surface area (Å²) in [5, 5.41) is 5.22. The molecule has 0 spiro atoms. The van der Waals surface area contributed by atoms with Gasteiger partial charge < -0.3 is 10.7 Å². The zero-order valence-electron chi connectivity index (χ0n) is 12.2. The number of para-hydroxylation sites is 1. The molecule has 0 aliphatic rings. The minimum Gasteiger partial charge on any atom is -0.383 e. The van der Waals surface area contributed by atoms with E-state index in [0.29, 0.717) is 11.5 Å². The normalized spacial score (nSPS) is 11.0. The average Bonchev–Trinajstić information content (AvgIpc) is 2.92. The second kappa shape index (κ2) is 5.14. The van der Waals surface area contributed by atoms with E-state index in [1.54, 1.807) is 10.7 Å². The van der Waals surface area contributed by atoms with E-state index in [1.165, 1.54) is 0 Å². The number of fused-ring (bicyclic) bond motifs is 1. The molecule has 4 aromatic rings. The van der Waals surface area contributed by atoms with Crippen molar-refractivity contribution >= 4 is 16.9 Å². The van der Waals surface area contributed by atoms with E-state index in [1.807, 2.05) is 60.7 Å². The number of nitrogens with one attached hydrogen (secondary N) is 1. The molecular formula is C18H14N4O. The Kier molecular flexibility index (Phi) is 2.98. The van der Waals surface area contributed by atoms with Crippen LogP contribution in [-0.4, -0.2) is 14.8 Å². The molecule has 2 aromatic carbocycles. The minimum atomic E-state index is -0.200. The fourth-order valence-electron chi connectivity index (χ4n) is 2.75. The van der Waals surface area contributed by atoms with Crippen LogP contribution in [0.3, 0.4) is 0 Å². The first kappa shape index (κ1) is 13.3. The third kappa shape index (κ3) is 2.19. The number of hydrogen-bond acceptors (Lipinski definition) is 3. The van der Waals surface area contributed by atoms with Crippen molar-refractivity contribution in [3.63, 3.8) is 0 Å². The third-order valence-corrected chi connectivity index (χ3v) is 3.79. The number of aromatic amines is 1. The number of benzene rings is 2. The van der Waals surface area contributed by atoms with Crippen LogP contribution in [0, 0.1) is 0 Å². The highest BCUT2D eigenvalue weighted by Crippen LogP contribution is 2.31. The van der Waals surface area contributed by atoms with Gasteiger partial charge in [-0.05, 0) is 17.7 Å². The molecule has 4 rings (SSSR count). The van der Waals surface area contributed by atoms with Gasteiger partial charge in [0.05, 0.1) is 11.1 Å². The maximum absolute atomic E-state index is 12.0. The molecule has 0 atom stereocenters. The highest BCUT2D eigenvalue weighted by atomic mass is 16.1. The van der Waals surface area contributed by atoms with Gasteiger partial charge in [-0.2, -0.15) is 0 Å². The number of H-pyrrole nitrogens is 1. The van der Waals surface area contributed by atoms with Gasteiger partial charge in [-0.15, -0.1) is 5.10 Å². The van der Waals surface area contributed by atoms with Crippen molar-refractivity contribution in [2.75, 3.05) is 5.73 Å². The summed E-state index contributed by atoms with van der Waals surface area (Å²) in [7, 11) is 0. The molecule has 0 fully saturated rings. The van der Waals surface area contributed by atoms with E-state index in [9.17, 15) is 4.79 Å². The maximum atomic E-state index is 12.0. The number of rotatable bonds is 2. The molecule has 2 aromatic heterocycles. The smallest absolute Gasteiger partial charge is 0.250 e. The molecule has 0 bridgehead atoms. The molecule has 0 unspecified atom stereocenters. The van der Waals surface area contributed by atoms with Crippen LogP contribution in [0.15, 0.2) is 71.5 Å². The lowest BCUT2D eigenvalue weighted by Crippen LogP contribution is -2.04. The molecule has 0 saturated heterocycles. The van der Waals surface area contributed by atoms with Crippen LogP contribution in [0.1, 0.15) is 0 Å². The van der Waals surface area contributed by atoms with Crippen LogP contribution in [-0.2, 0) is 0 Å². The third-order valence-electron chi connectivity index (χ3n) is 3.79. The van der Waals surface area contributed by atoms with E-state index < -0.39 is 0 Å². The summed E-state index contributed by atoms with van der Waals surface area (Å²) in [5.74, 6) is 0.501. The summed E-state index contributed by atoms with van der Waals surface area (Å²) >= 11 is 0. The van der Waals surface area contributed by atoms with Gasteiger partial charge in [0.25, 0.3) is 0 Å². The van der Waals surface area contributed by atoms with E-state index in [0.717, 1.165) is 22.2 Å². The predicted molar refractivity (Wildman–Crippen MR) is 91.5 cm³/mol. The predicted octanol–water partition coefficient (Wildman–Crippen LogP) is 2.96. The number of hydrogen-bond donors (Lipinski definition) is 2. The summed E-state index contributed by atoms with van der Waals surface area (Å²) in [6.45, 7) is 0. The van der Waals surface area contributed by atoms with Crippen LogP contribution >= 0.6 is 0 Å². The van der Waals surface area contributed by atoms with Crippen molar-refractivity contribution < 1.29 is 0 Å². The molecule has 0 aliphatic heterocycles. The molecule has 3 N–H and O–H groups in total. The van der Waals surface area contributed by atoms with Gasteiger partial charge >= 0.3 is 0 Å². The van der Waals surface area contributed by atoms with Crippen LogP contribution < -0.4 is 11.3 Å². The van der Waals surface area contributed by atoms with Crippen LogP contribution in [0.4, 0.5) is 5.82 Å². The summed E-state index contributed by atoms with van der Waals surface area (Å²) in [4.78, 5) is 14.8. The minimum absolute atomic E-state index is 0.200. The zero-order valence-corrected chi connectivity index (χ0v) is 12.2. The fraction of sp³-hybridized carbons (Fsp3) is 0. The highest BCUT2D eigenvalue weighted by molar-refractivity contribution is 6.00. The largest absolute Gasteiger partial charge is 0.383 e. The van der Waals surface area contributed by atoms with Crippen molar-refractivity contribution in [2.24, 2.45) is 0 Å². The first-order valence-electron chi connectivity index (χ1n) is 7.26. The number of nitrogen functional groups attached to an aromatic ring is 1. The Bertz CT molecular complexity index is 1030. The Labute approximate surface area is 132 Å². The van der Waals surface area contributed by atoms with Crippen molar-refractivity contribution in [1.29, 1.82) is 0 Å². The van der Waals surface area contributed by atoms with E-state index in [2.05, 4.69) is 10.1 Å². The molecule has 23 heavy (non-hydrogen) atoms. The second-order valence-corrected chi connectivity index (χ2v) is 5.27. The summed E-state index contributed by atoms with van der Waals surface area (Å²) in [5.41, 5.74) is 9.18. The number of nitrogens with zero attached hydrogens (tertiary/aromatic N) is 2. The molecule has 2 heterocycles. The SMILES string of the molecule is Nc1c2c(-c3ccccc3)cc(=O)[nH]c2nn1-c1ccccc1. The lowest BCUT2D eigenvalue weighted by Gasteiger charge is -2.05. The lowest BCUT2D eigenvalue weighted by molar-refractivity contribution is 0.899. The quantitative estimate of drug-likeness (QED) is 0.597. The maximum Gasteiger partial charge on any atom is 0.250 e. The Morgan fingerprint density at radius 3 is 2.30 bits per heavy atom. The van der Waals surface area contributed by atoms with Gasteiger partial charge in [0.1, 0.15) is 5.82 Å². The Balaban J connectivity index is 2.06. The van der Waals surface area contributed by atoms with E-state index in [4.69, 9.17) is 5.73 Å². The molecule has 0 amide bonds. The Morgan fingerprint density at radius 1 is 0.957 bits per heavy atom. The topological polar surface area (TPSA) is 76.7 Å². The molecule has 5 heteroatoms. The summed E-state index contributed by atoms with van der Waals surface area (Å²) < 4.78 is 1.65. The number of aromatic nitrogens is 3. The molecule has 0 aliphatic carbocycles. The monoisotopic (exact) mass is 302 g/mol. The highest BCUT2D eigenvalue weighted by Gasteiger charge is 2.16. The molecular weight excluding hydrogens is 288 g/mol. The van der Waals surface area contributed by atoms with E-state index >= 15 is 0 Å². The molecule has 0 radical (unpaired) electrons. The van der Waals surface area contributed by atoms with Gasteiger partial charge in [0.15, 0.2) is 5.65 Å². The second-order valence-electron chi connectivity index (χ2n) is 5.27. The number of anilines is 1. The van der Waals surface area contributed by atoms with Gasteiger partial charge in [-0.1, -0.05) is 48.5 Å².